The minimum atomic E-state index is -1.21. The number of unbranched alkanes of at least 4 members (excludes halogenated alkanes) is 2. The van der Waals surface area contributed by atoms with Gasteiger partial charge in [0.15, 0.2) is 0 Å². The average Bonchev–Trinajstić information content (AvgIpc) is 2.59. The van der Waals surface area contributed by atoms with Crippen LogP contribution in [0.2, 0.25) is 18.1 Å². The Hall–Kier alpha value is -0.563. The zero-order chi connectivity index (χ0) is 15.3. The molecule has 1 aliphatic carbocycles. The highest BCUT2D eigenvalue weighted by Gasteiger charge is 2.44. The second-order valence-corrected chi connectivity index (χ2v) is 12.8. The third kappa shape index (κ3) is 3.50. The van der Waals surface area contributed by atoms with Crippen molar-refractivity contribution >= 4 is 13.3 Å². The highest BCUT2D eigenvalue weighted by molar-refractivity contribution is 6.92. The monoisotopic (exact) mass is 314 g/mol. The number of hydrogen-bond donors (Lipinski definition) is 0. The largest absolute Gasteiger partial charge is 0.0867 e. The molecule has 0 bridgehead atoms. The van der Waals surface area contributed by atoms with Crippen molar-refractivity contribution in [2.75, 3.05) is 0 Å². The van der Waals surface area contributed by atoms with Gasteiger partial charge in [-0.1, -0.05) is 99.1 Å². The molecule has 122 valence electrons. The predicted octanol–water partition coefficient (Wildman–Crippen LogP) is 6.28. The molecule has 1 spiro atoms. The summed E-state index contributed by atoms with van der Waals surface area (Å²) in [6.07, 6.45) is 15.0. The second kappa shape index (κ2) is 7.34. The number of hydrogen-bond acceptors (Lipinski definition) is 0. The third-order valence-corrected chi connectivity index (χ3v) is 12.1. The summed E-state index contributed by atoms with van der Waals surface area (Å²) in [6, 6.07) is 16.4. The number of rotatable bonds is 5. The lowest BCUT2D eigenvalue weighted by Crippen LogP contribution is -2.52. The van der Waals surface area contributed by atoms with Gasteiger partial charge < -0.3 is 0 Å². The van der Waals surface area contributed by atoms with E-state index < -0.39 is 8.07 Å². The molecule has 0 radical (unpaired) electrons. The van der Waals surface area contributed by atoms with Crippen LogP contribution in [0.15, 0.2) is 30.3 Å². The van der Waals surface area contributed by atoms with Gasteiger partial charge in [-0.3, -0.25) is 0 Å². The van der Waals surface area contributed by atoms with E-state index in [4.69, 9.17) is 0 Å². The molecule has 1 aromatic carbocycles. The van der Waals surface area contributed by atoms with Crippen LogP contribution < -0.4 is 5.19 Å². The summed E-state index contributed by atoms with van der Waals surface area (Å²) in [5, 5.41) is 1.77. The van der Waals surface area contributed by atoms with Crippen LogP contribution >= 0.6 is 0 Å². The fourth-order valence-corrected chi connectivity index (χ4v) is 10.7. The van der Waals surface area contributed by atoms with Crippen LogP contribution in [0.5, 0.6) is 0 Å². The van der Waals surface area contributed by atoms with Crippen LogP contribution in [0.25, 0.3) is 0 Å². The molecule has 2 fully saturated rings. The molecular weight excluding hydrogens is 280 g/mol. The maximum Gasteiger partial charge on any atom is 0.0867 e. The van der Waals surface area contributed by atoms with Crippen molar-refractivity contribution < 1.29 is 0 Å². The Bertz CT molecular complexity index is 434. The van der Waals surface area contributed by atoms with E-state index in [9.17, 15) is 0 Å². The Balaban J connectivity index is 1.73. The molecule has 1 saturated heterocycles. The van der Waals surface area contributed by atoms with Crippen molar-refractivity contribution in [1.82, 2.24) is 0 Å². The first-order valence-corrected chi connectivity index (χ1v) is 12.5. The summed E-state index contributed by atoms with van der Waals surface area (Å²) in [4.78, 5) is 0. The fraction of sp³-hybridized carbons (Fsp3) is 0.714. The van der Waals surface area contributed by atoms with Gasteiger partial charge in [0.2, 0.25) is 0 Å². The van der Waals surface area contributed by atoms with Gasteiger partial charge in [0.05, 0.1) is 8.07 Å². The van der Waals surface area contributed by atoms with Crippen LogP contribution in [0.4, 0.5) is 0 Å². The van der Waals surface area contributed by atoms with Crippen LogP contribution in [0.3, 0.4) is 0 Å². The Morgan fingerprint density at radius 2 is 1.55 bits per heavy atom. The maximum atomic E-state index is 2.47. The minimum absolute atomic E-state index is 0.772. The van der Waals surface area contributed by atoms with E-state index in [1.807, 2.05) is 0 Å². The molecule has 1 saturated carbocycles. The Kier molecular flexibility index (Phi) is 5.44. The average molecular weight is 315 g/mol. The Labute approximate surface area is 138 Å². The standard InChI is InChI=1S/C21H34Si/c1-2-3-10-17-22(20-11-6-4-7-12-20)18-15-21(16-19-22)13-8-5-9-14-21/h4,6-7,11-12H,2-3,5,8-10,13-19H2,1H3. The highest BCUT2D eigenvalue weighted by atomic mass is 28.3. The Morgan fingerprint density at radius 3 is 2.18 bits per heavy atom. The van der Waals surface area contributed by atoms with E-state index in [0.29, 0.717) is 0 Å². The molecule has 1 aliphatic heterocycles. The molecule has 0 amide bonds. The minimum Gasteiger partial charge on any atom is -0.0654 e. The van der Waals surface area contributed by atoms with Crippen LogP contribution in [0, 0.1) is 5.41 Å². The smallest absolute Gasteiger partial charge is 0.0654 e. The van der Waals surface area contributed by atoms with Crippen LogP contribution in [0.1, 0.15) is 71.1 Å². The molecule has 1 heteroatoms. The lowest BCUT2D eigenvalue weighted by atomic mass is 9.70. The normalized spacial score (nSPS) is 23.5. The van der Waals surface area contributed by atoms with Crippen molar-refractivity contribution in [2.45, 2.75) is 89.3 Å². The predicted molar refractivity (Wildman–Crippen MR) is 101 cm³/mol. The van der Waals surface area contributed by atoms with Crippen molar-refractivity contribution in [3.05, 3.63) is 30.3 Å². The van der Waals surface area contributed by atoms with Gasteiger partial charge in [-0.15, -0.1) is 0 Å². The second-order valence-electron chi connectivity index (χ2n) is 8.16. The van der Waals surface area contributed by atoms with Gasteiger partial charge in [0.25, 0.3) is 0 Å². The van der Waals surface area contributed by atoms with Crippen LogP contribution in [-0.4, -0.2) is 8.07 Å². The molecule has 0 N–H and O–H groups in total. The summed E-state index contributed by atoms with van der Waals surface area (Å²) in [6.45, 7) is 2.34. The zero-order valence-electron chi connectivity index (χ0n) is 14.6. The number of benzene rings is 1. The summed E-state index contributed by atoms with van der Waals surface area (Å²) in [5.74, 6) is 0. The van der Waals surface area contributed by atoms with E-state index in [0.717, 1.165) is 5.41 Å². The van der Waals surface area contributed by atoms with E-state index in [1.54, 1.807) is 49.0 Å². The van der Waals surface area contributed by atoms with Gasteiger partial charge in [-0.2, -0.15) is 0 Å². The van der Waals surface area contributed by atoms with E-state index in [-0.39, 0.29) is 0 Å². The lowest BCUT2D eigenvalue weighted by Gasteiger charge is -2.48. The quantitative estimate of drug-likeness (QED) is 0.443. The van der Waals surface area contributed by atoms with E-state index >= 15 is 0 Å². The molecule has 22 heavy (non-hydrogen) atoms. The molecule has 1 aromatic rings. The van der Waals surface area contributed by atoms with E-state index in [2.05, 4.69) is 37.3 Å². The van der Waals surface area contributed by atoms with Gasteiger partial charge >= 0.3 is 0 Å². The van der Waals surface area contributed by atoms with Gasteiger partial charge in [-0.05, 0) is 31.1 Å². The third-order valence-electron chi connectivity index (χ3n) is 6.83. The van der Waals surface area contributed by atoms with Gasteiger partial charge in [0.1, 0.15) is 0 Å². The molecule has 2 aliphatic rings. The highest BCUT2D eigenvalue weighted by Crippen LogP contribution is 2.51. The summed E-state index contributed by atoms with van der Waals surface area (Å²) < 4.78 is 0. The first-order chi connectivity index (χ1) is 10.8. The van der Waals surface area contributed by atoms with Crippen LogP contribution in [-0.2, 0) is 0 Å². The SMILES string of the molecule is CCCCC[Si]1(c2ccccc2)CCC2(CCCCC2)CC1. The molecular formula is C21H34Si. The molecule has 3 rings (SSSR count). The van der Waals surface area contributed by atoms with E-state index in [1.165, 1.54) is 38.5 Å². The molecule has 1 heterocycles. The lowest BCUT2D eigenvalue weighted by molar-refractivity contribution is 0.164. The summed E-state index contributed by atoms with van der Waals surface area (Å²) in [5.41, 5.74) is 0.772. The Morgan fingerprint density at radius 1 is 0.864 bits per heavy atom. The topological polar surface area (TPSA) is 0 Å². The molecule has 0 unspecified atom stereocenters. The zero-order valence-corrected chi connectivity index (χ0v) is 15.6. The van der Waals surface area contributed by atoms with Crippen molar-refractivity contribution in [3.63, 3.8) is 0 Å². The summed E-state index contributed by atoms with van der Waals surface area (Å²) in [7, 11) is -1.21. The van der Waals surface area contributed by atoms with Gasteiger partial charge in [-0.25, -0.2) is 0 Å². The van der Waals surface area contributed by atoms with Crippen molar-refractivity contribution in [3.8, 4) is 0 Å². The maximum absolute atomic E-state index is 2.47. The first-order valence-electron chi connectivity index (χ1n) is 9.84. The van der Waals surface area contributed by atoms with Gasteiger partial charge in [0, 0.05) is 0 Å². The molecule has 0 aromatic heterocycles. The molecule has 0 atom stereocenters. The van der Waals surface area contributed by atoms with Crippen molar-refractivity contribution in [1.29, 1.82) is 0 Å². The first kappa shape index (κ1) is 16.3. The molecule has 0 nitrogen and oxygen atoms in total. The fourth-order valence-electron chi connectivity index (χ4n) is 5.25. The van der Waals surface area contributed by atoms with Crippen molar-refractivity contribution in [2.24, 2.45) is 5.41 Å². The summed E-state index contributed by atoms with van der Waals surface area (Å²) >= 11 is 0.